The Balaban J connectivity index is 3.98. The van der Waals surface area contributed by atoms with Crippen molar-refractivity contribution in [1.29, 1.82) is 0 Å². The van der Waals surface area contributed by atoms with Crippen LogP contribution in [-0.2, 0) is 32.7 Å². The monoisotopic (exact) mass is 730 g/mol. The van der Waals surface area contributed by atoms with Crippen molar-refractivity contribution in [3.8, 4) is 0 Å². The van der Waals surface area contributed by atoms with Gasteiger partial charge in [-0.3, -0.25) is 18.6 Å². The third-order valence-electron chi connectivity index (χ3n) is 8.59. The SMILES string of the molecule is CCCCCCC/C=C\C/C=C\CCCCCCCCCCCCCC(=O)OC(COC(=O)CCCCCCCC)COP(=O)(O)OCCN. The first kappa shape index (κ1) is 48.5. The molecule has 2 unspecified atom stereocenters. The van der Waals surface area contributed by atoms with Gasteiger partial charge < -0.3 is 20.1 Å². The minimum absolute atomic E-state index is 0.0542. The Morgan fingerprint density at radius 2 is 1.04 bits per heavy atom. The van der Waals surface area contributed by atoms with Crippen molar-refractivity contribution in [1.82, 2.24) is 0 Å². The number of allylic oxidation sites excluding steroid dienone is 4. The van der Waals surface area contributed by atoms with Gasteiger partial charge in [0.15, 0.2) is 6.10 Å². The molecule has 0 aromatic heterocycles. The average Bonchev–Trinajstić information content (AvgIpc) is 3.10. The van der Waals surface area contributed by atoms with Crippen LogP contribution in [0, 0.1) is 0 Å². The highest BCUT2D eigenvalue weighted by atomic mass is 31.2. The molecule has 10 heteroatoms. The Bertz CT molecular complexity index is 881. The summed E-state index contributed by atoms with van der Waals surface area (Å²) in [7, 11) is -4.36. The molecule has 0 amide bonds. The number of phosphoric acid groups is 1. The molecule has 0 aromatic rings. The van der Waals surface area contributed by atoms with E-state index in [2.05, 4.69) is 38.2 Å². The lowest BCUT2D eigenvalue weighted by Gasteiger charge is -2.19. The van der Waals surface area contributed by atoms with Gasteiger partial charge in [-0.25, -0.2) is 4.57 Å². The summed E-state index contributed by atoms with van der Waals surface area (Å²) in [6.07, 6.45) is 38.2. The fourth-order valence-electron chi connectivity index (χ4n) is 5.55. The molecular formula is C40H76NO8P. The summed E-state index contributed by atoms with van der Waals surface area (Å²) in [5, 5.41) is 0. The quantitative estimate of drug-likeness (QED) is 0.0275. The molecule has 0 radical (unpaired) electrons. The highest BCUT2D eigenvalue weighted by Crippen LogP contribution is 2.43. The van der Waals surface area contributed by atoms with Gasteiger partial charge in [-0.15, -0.1) is 0 Å². The largest absolute Gasteiger partial charge is 0.472 e. The zero-order chi connectivity index (χ0) is 36.8. The Morgan fingerprint density at radius 3 is 1.52 bits per heavy atom. The molecule has 294 valence electrons. The highest BCUT2D eigenvalue weighted by Gasteiger charge is 2.26. The fraction of sp³-hybridized carbons (Fsp3) is 0.850. The van der Waals surface area contributed by atoms with Gasteiger partial charge in [-0.2, -0.15) is 0 Å². The van der Waals surface area contributed by atoms with E-state index < -0.39 is 32.5 Å². The molecule has 3 N–H and O–H groups in total. The molecule has 0 rings (SSSR count). The van der Waals surface area contributed by atoms with Gasteiger partial charge in [-0.05, 0) is 44.9 Å². The van der Waals surface area contributed by atoms with Crippen molar-refractivity contribution in [2.75, 3.05) is 26.4 Å². The molecule has 0 saturated carbocycles. The predicted molar refractivity (Wildman–Crippen MR) is 206 cm³/mol. The molecule has 0 aliphatic carbocycles. The van der Waals surface area contributed by atoms with Crippen molar-refractivity contribution < 1.29 is 37.6 Å². The lowest BCUT2D eigenvalue weighted by Crippen LogP contribution is -2.29. The lowest BCUT2D eigenvalue weighted by atomic mass is 10.0. The van der Waals surface area contributed by atoms with E-state index in [9.17, 15) is 19.0 Å². The van der Waals surface area contributed by atoms with Gasteiger partial charge in [0.1, 0.15) is 6.61 Å². The van der Waals surface area contributed by atoms with Crippen LogP contribution in [0.15, 0.2) is 24.3 Å². The van der Waals surface area contributed by atoms with E-state index in [4.69, 9.17) is 24.3 Å². The van der Waals surface area contributed by atoms with Crippen LogP contribution in [0.2, 0.25) is 0 Å². The van der Waals surface area contributed by atoms with Crippen molar-refractivity contribution in [2.45, 2.75) is 193 Å². The summed E-state index contributed by atoms with van der Waals surface area (Å²) in [6, 6.07) is 0. The number of carbonyl (C=O) groups excluding carboxylic acids is 2. The van der Waals surface area contributed by atoms with Crippen LogP contribution in [-0.4, -0.2) is 49.3 Å². The Hall–Kier alpha value is -1.51. The number of rotatable bonds is 38. The standard InChI is InChI=1S/C40H76NO8P/c1-3-5-7-9-11-12-13-14-15-16-17-18-19-20-21-22-23-24-25-26-27-29-31-33-40(43)49-38(37-48-50(44,45)47-35-34-41)36-46-39(42)32-30-28-10-8-6-4-2/h13-14,16-17,38H,3-12,15,18-37,41H2,1-2H3,(H,44,45)/b14-13-,17-16-. The van der Waals surface area contributed by atoms with Gasteiger partial charge in [0.2, 0.25) is 0 Å². The van der Waals surface area contributed by atoms with Crippen molar-refractivity contribution in [3.05, 3.63) is 24.3 Å². The van der Waals surface area contributed by atoms with Crippen LogP contribution in [0.1, 0.15) is 187 Å². The van der Waals surface area contributed by atoms with Crippen molar-refractivity contribution in [3.63, 3.8) is 0 Å². The summed E-state index contributed by atoms with van der Waals surface area (Å²) < 4.78 is 32.5. The first-order valence-corrected chi connectivity index (χ1v) is 21.8. The van der Waals surface area contributed by atoms with E-state index in [0.717, 1.165) is 51.4 Å². The summed E-state index contributed by atoms with van der Waals surface area (Å²) in [4.78, 5) is 34.5. The highest BCUT2D eigenvalue weighted by molar-refractivity contribution is 7.47. The topological polar surface area (TPSA) is 134 Å². The van der Waals surface area contributed by atoms with E-state index in [1.165, 1.54) is 103 Å². The van der Waals surface area contributed by atoms with E-state index in [1.54, 1.807) is 0 Å². The second-order valence-electron chi connectivity index (χ2n) is 13.5. The van der Waals surface area contributed by atoms with Crippen LogP contribution in [0.4, 0.5) is 0 Å². The van der Waals surface area contributed by atoms with Crippen LogP contribution in [0.3, 0.4) is 0 Å². The molecule has 0 aromatic carbocycles. The first-order chi connectivity index (χ1) is 24.3. The van der Waals surface area contributed by atoms with Crippen molar-refractivity contribution >= 4 is 19.8 Å². The number of esters is 2. The summed E-state index contributed by atoms with van der Waals surface area (Å²) >= 11 is 0. The second kappa shape index (κ2) is 37.3. The molecule has 0 heterocycles. The third-order valence-corrected chi connectivity index (χ3v) is 9.57. The summed E-state index contributed by atoms with van der Waals surface area (Å²) in [5.74, 6) is -0.838. The molecule has 0 bridgehead atoms. The molecule has 0 fully saturated rings. The van der Waals surface area contributed by atoms with Gasteiger partial charge >= 0.3 is 19.8 Å². The number of carbonyl (C=O) groups is 2. The maximum Gasteiger partial charge on any atom is 0.472 e. The van der Waals surface area contributed by atoms with Crippen molar-refractivity contribution in [2.24, 2.45) is 5.73 Å². The number of ether oxygens (including phenoxy) is 2. The number of hydrogen-bond acceptors (Lipinski definition) is 8. The normalized spacial score (nSPS) is 13.6. The number of phosphoric ester groups is 1. The fourth-order valence-corrected chi connectivity index (χ4v) is 6.31. The molecule has 2 atom stereocenters. The zero-order valence-electron chi connectivity index (χ0n) is 32.1. The number of hydrogen-bond donors (Lipinski definition) is 2. The molecule has 50 heavy (non-hydrogen) atoms. The van der Waals surface area contributed by atoms with Gasteiger partial charge in [-0.1, -0.05) is 154 Å². The average molecular weight is 730 g/mol. The third kappa shape index (κ3) is 36.3. The van der Waals surface area contributed by atoms with E-state index in [-0.39, 0.29) is 32.6 Å². The van der Waals surface area contributed by atoms with Crippen LogP contribution >= 0.6 is 7.82 Å². The maximum absolute atomic E-state index is 12.5. The second-order valence-corrected chi connectivity index (χ2v) is 15.0. The Labute approximate surface area is 306 Å². The van der Waals surface area contributed by atoms with Crippen LogP contribution < -0.4 is 5.73 Å². The van der Waals surface area contributed by atoms with E-state index in [0.29, 0.717) is 6.42 Å². The van der Waals surface area contributed by atoms with E-state index in [1.807, 2.05) is 0 Å². The molecule has 9 nitrogen and oxygen atoms in total. The molecule has 0 aliphatic heterocycles. The number of unbranched alkanes of at least 4 members (excludes halogenated alkanes) is 21. The molecule has 0 aliphatic rings. The minimum atomic E-state index is -4.36. The van der Waals surface area contributed by atoms with Crippen LogP contribution in [0.5, 0.6) is 0 Å². The molecular weight excluding hydrogens is 653 g/mol. The van der Waals surface area contributed by atoms with Gasteiger partial charge in [0.05, 0.1) is 13.2 Å². The first-order valence-electron chi connectivity index (χ1n) is 20.3. The molecule has 0 saturated heterocycles. The molecule has 0 spiro atoms. The summed E-state index contributed by atoms with van der Waals surface area (Å²) in [6.45, 7) is 3.65. The lowest BCUT2D eigenvalue weighted by molar-refractivity contribution is -0.161. The Morgan fingerprint density at radius 1 is 0.600 bits per heavy atom. The maximum atomic E-state index is 12.5. The van der Waals surface area contributed by atoms with Gasteiger partial charge in [0.25, 0.3) is 0 Å². The zero-order valence-corrected chi connectivity index (χ0v) is 33.0. The van der Waals surface area contributed by atoms with Crippen LogP contribution in [0.25, 0.3) is 0 Å². The van der Waals surface area contributed by atoms with Gasteiger partial charge in [0, 0.05) is 19.4 Å². The Kier molecular flexibility index (Phi) is 36.1. The number of nitrogens with two attached hydrogens (primary N) is 1. The summed E-state index contributed by atoms with van der Waals surface area (Å²) in [5.41, 5.74) is 5.32. The predicted octanol–water partition coefficient (Wildman–Crippen LogP) is 11.2. The smallest absolute Gasteiger partial charge is 0.462 e. The van der Waals surface area contributed by atoms with E-state index >= 15 is 0 Å². The minimum Gasteiger partial charge on any atom is -0.462 e.